The van der Waals surface area contributed by atoms with Crippen LogP contribution >= 0.6 is 11.6 Å². The molecule has 7 heteroatoms. The highest BCUT2D eigenvalue weighted by Crippen LogP contribution is 2.26. The van der Waals surface area contributed by atoms with Crippen LogP contribution in [-0.2, 0) is 11.5 Å². The quantitative estimate of drug-likeness (QED) is 0.621. The Kier molecular flexibility index (Phi) is 5.74. The van der Waals surface area contributed by atoms with E-state index in [2.05, 4.69) is 29.6 Å². The van der Waals surface area contributed by atoms with Crippen LogP contribution in [0.2, 0.25) is 30.7 Å². The van der Waals surface area contributed by atoms with E-state index in [1.165, 1.54) is 6.20 Å². The molecule has 0 amide bonds. The number of aromatic nitrogens is 3. The van der Waals surface area contributed by atoms with Crippen LogP contribution in [0.1, 0.15) is 17.4 Å². The molecule has 2 aromatic heterocycles. The number of imidazole rings is 1. The van der Waals surface area contributed by atoms with Crippen LogP contribution in [0.5, 0.6) is 0 Å². The summed E-state index contributed by atoms with van der Waals surface area (Å²) >= 11 is 6.04. The van der Waals surface area contributed by atoms with Crippen molar-refractivity contribution in [1.82, 2.24) is 14.5 Å². The Morgan fingerprint density at radius 3 is 2.86 bits per heavy atom. The standard InChI is InChI=1S/C15H22ClN3O2Si/c1-22(2,3)7-6-21-11-19-9-14(18-10-19)15(20)12-4-5-17-8-13(12)16/h4-5,8-10,15,20H,6-7,11H2,1-3H3. The molecule has 0 aliphatic heterocycles. The van der Waals surface area contributed by atoms with Gasteiger partial charge >= 0.3 is 0 Å². The lowest BCUT2D eigenvalue weighted by Gasteiger charge is -2.15. The van der Waals surface area contributed by atoms with Crippen molar-refractivity contribution in [2.24, 2.45) is 0 Å². The molecule has 0 fully saturated rings. The lowest BCUT2D eigenvalue weighted by Crippen LogP contribution is -2.21. The lowest BCUT2D eigenvalue weighted by atomic mass is 10.1. The number of hydrogen-bond donors (Lipinski definition) is 1. The Labute approximate surface area is 136 Å². The molecule has 5 nitrogen and oxygen atoms in total. The molecule has 22 heavy (non-hydrogen) atoms. The zero-order valence-corrected chi connectivity index (χ0v) is 14.9. The van der Waals surface area contributed by atoms with Gasteiger partial charge in [0.2, 0.25) is 0 Å². The Morgan fingerprint density at radius 2 is 2.18 bits per heavy atom. The van der Waals surface area contributed by atoms with E-state index in [1.807, 2.05) is 4.57 Å². The summed E-state index contributed by atoms with van der Waals surface area (Å²) in [5, 5.41) is 10.8. The minimum atomic E-state index is -1.07. The molecule has 1 unspecified atom stereocenters. The van der Waals surface area contributed by atoms with Crippen LogP contribution in [0.3, 0.4) is 0 Å². The first-order valence-electron chi connectivity index (χ1n) is 7.24. The monoisotopic (exact) mass is 339 g/mol. The van der Waals surface area contributed by atoms with Crippen molar-refractivity contribution >= 4 is 19.7 Å². The van der Waals surface area contributed by atoms with Crippen LogP contribution in [0.15, 0.2) is 31.0 Å². The molecule has 0 radical (unpaired) electrons. The predicted octanol–water partition coefficient (Wildman–Crippen LogP) is 3.33. The van der Waals surface area contributed by atoms with Crippen molar-refractivity contribution < 1.29 is 9.84 Å². The number of nitrogens with zero attached hydrogens (tertiary/aromatic N) is 3. The van der Waals surface area contributed by atoms with Crippen LogP contribution in [-0.4, -0.2) is 34.3 Å². The predicted molar refractivity (Wildman–Crippen MR) is 89.6 cm³/mol. The SMILES string of the molecule is C[Si](C)(C)CCOCn1cnc(C(O)c2ccncc2Cl)c1. The normalized spacial score (nSPS) is 13.3. The van der Waals surface area contributed by atoms with Crippen molar-refractivity contribution in [2.75, 3.05) is 6.61 Å². The Bertz CT molecular complexity index is 613. The lowest BCUT2D eigenvalue weighted by molar-refractivity contribution is 0.0869. The van der Waals surface area contributed by atoms with Crippen LogP contribution in [0, 0.1) is 0 Å². The molecule has 1 atom stereocenters. The second kappa shape index (κ2) is 7.37. The number of hydrogen-bond acceptors (Lipinski definition) is 4. The number of aliphatic hydroxyl groups excluding tert-OH is 1. The third kappa shape index (κ3) is 4.91. The first-order chi connectivity index (χ1) is 10.4. The number of pyridine rings is 1. The number of aliphatic hydroxyl groups is 1. The second-order valence-electron chi connectivity index (χ2n) is 6.46. The Morgan fingerprint density at radius 1 is 1.41 bits per heavy atom. The van der Waals surface area contributed by atoms with E-state index < -0.39 is 14.2 Å². The van der Waals surface area contributed by atoms with Crippen molar-refractivity contribution in [1.29, 1.82) is 0 Å². The number of halogens is 1. The maximum absolute atomic E-state index is 10.3. The van der Waals surface area contributed by atoms with E-state index in [1.54, 1.807) is 24.8 Å². The Hall–Kier alpha value is -1.21. The van der Waals surface area contributed by atoms with Gasteiger partial charge in [0.15, 0.2) is 0 Å². The van der Waals surface area contributed by atoms with E-state index in [-0.39, 0.29) is 0 Å². The fourth-order valence-electron chi connectivity index (χ4n) is 1.90. The fraction of sp³-hybridized carbons (Fsp3) is 0.467. The summed E-state index contributed by atoms with van der Waals surface area (Å²) in [6, 6.07) is 2.82. The number of rotatable bonds is 7. The summed E-state index contributed by atoms with van der Waals surface area (Å²) in [5.41, 5.74) is 1.14. The van der Waals surface area contributed by atoms with Gasteiger partial charge in [0.05, 0.1) is 17.0 Å². The minimum Gasteiger partial charge on any atom is -0.382 e. The molecular weight excluding hydrogens is 318 g/mol. The summed E-state index contributed by atoms with van der Waals surface area (Å²) in [6.45, 7) is 8.15. The van der Waals surface area contributed by atoms with E-state index in [9.17, 15) is 5.11 Å². The van der Waals surface area contributed by atoms with Gasteiger partial charge in [-0.1, -0.05) is 31.2 Å². The van der Waals surface area contributed by atoms with Crippen LogP contribution in [0.4, 0.5) is 0 Å². The summed E-state index contributed by atoms with van der Waals surface area (Å²) in [7, 11) is -1.07. The fourth-order valence-corrected chi connectivity index (χ4v) is 2.88. The first-order valence-corrected chi connectivity index (χ1v) is 11.3. The molecule has 0 saturated heterocycles. The van der Waals surface area contributed by atoms with Crippen LogP contribution < -0.4 is 0 Å². The van der Waals surface area contributed by atoms with Gasteiger partial charge in [-0.2, -0.15) is 0 Å². The van der Waals surface area contributed by atoms with Crippen LogP contribution in [0.25, 0.3) is 0 Å². The summed E-state index contributed by atoms with van der Waals surface area (Å²) in [4.78, 5) is 8.13. The average molecular weight is 340 g/mol. The summed E-state index contributed by atoms with van der Waals surface area (Å²) in [5.74, 6) is 0. The molecule has 0 aliphatic carbocycles. The highest BCUT2D eigenvalue weighted by molar-refractivity contribution is 6.76. The van der Waals surface area contributed by atoms with E-state index in [0.717, 1.165) is 12.7 Å². The van der Waals surface area contributed by atoms with Crippen molar-refractivity contribution in [3.05, 3.63) is 47.3 Å². The molecule has 0 aliphatic rings. The van der Waals surface area contributed by atoms with Gasteiger partial charge in [0, 0.05) is 38.8 Å². The zero-order valence-electron chi connectivity index (χ0n) is 13.2. The van der Waals surface area contributed by atoms with Crippen molar-refractivity contribution in [3.8, 4) is 0 Å². The van der Waals surface area contributed by atoms with Gasteiger partial charge in [0.1, 0.15) is 12.8 Å². The number of ether oxygens (including phenoxy) is 1. The highest BCUT2D eigenvalue weighted by atomic mass is 35.5. The van der Waals surface area contributed by atoms with Gasteiger partial charge < -0.3 is 14.4 Å². The van der Waals surface area contributed by atoms with E-state index >= 15 is 0 Å². The molecule has 120 valence electrons. The molecule has 2 rings (SSSR count). The molecule has 0 saturated carbocycles. The van der Waals surface area contributed by atoms with Gasteiger partial charge in [-0.3, -0.25) is 4.98 Å². The summed E-state index contributed by atoms with van der Waals surface area (Å²) in [6.07, 6.45) is 5.68. The van der Waals surface area contributed by atoms with E-state index in [4.69, 9.17) is 16.3 Å². The molecule has 2 heterocycles. The minimum absolute atomic E-state index is 0.427. The second-order valence-corrected chi connectivity index (χ2v) is 12.5. The smallest absolute Gasteiger partial charge is 0.124 e. The average Bonchev–Trinajstić information content (AvgIpc) is 2.91. The Balaban J connectivity index is 1.92. The first kappa shape index (κ1) is 17.1. The maximum Gasteiger partial charge on any atom is 0.124 e. The third-order valence-electron chi connectivity index (χ3n) is 3.27. The summed E-state index contributed by atoms with van der Waals surface area (Å²) < 4.78 is 7.48. The zero-order chi connectivity index (χ0) is 16.2. The largest absolute Gasteiger partial charge is 0.382 e. The van der Waals surface area contributed by atoms with Crippen molar-refractivity contribution in [2.45, 2.75) is 38.5 Å². The molecule has 0 bridgehead atoms. The third-order valence-corrected chi connectivity index (χ3v) is 5.29. The van der Waals surface area contributed by atoms with Gasteiger partial charge in [0.25, 0.3) is 0 Å². The highest BCUT2D eigenvalue weighted by Gasteiger charge is 2.16. The maximum atomic E-state index is 10.3. The molecule has 2 aromatic rings. The van der Waals surface area contributed by atoms with Gasteiger partial charge in [-0.15, -0.1) is 0 Å². The molecule has 1 N–H and O–H groups in total. The van der Waals surface area contributed by atoms with E-state index in [0.29, 0.717) is 23.0 Å². The molecule has 0 aromatic carbocycles. The molecular formula is C15H22ClN3O2Si. The molecule has 0 spiro atoms. The van der Waals surface area contributed by atoms with Gasteiger partial charge in [-0.25, -0.2) is 4.98 Å². The van der Waals surface area contributed by atoms with Crippen molar-refractivity contribution in [3.63, 3.8) is 0 Å². The topological polar surface area (TPSA) is 60.2 Å². The van der Waals surface area contributed by atoms with Gasteiger partial charge in [-0.05, 0) is 12.1 Å².